The third kappa shape index (κ3) is 3.41. The summed E-state index contributed by atoms with van der Waals surface area (Å²) < 4.78 is 5.40. The molecule has 0 radical (unpaired) electrons. The molecule has 3 heterocycles. The topological polar surface area (TPSA) is 109 Å². The van der Waals surface area contributed by atoms with Gasteiger partial charge < -0.3 is 9.52 Å². The Bertz CT molecular complexity index is 1030. The summed E-state index contributed by atoms with van der Waals surface area (Å²) in [5.41, 5.74) is 2.70. The van der Waals surface area contributed by atoms with Gasteiger partial charge in [-0.05, 0) is 24.3 Å². The molecular weight excluding hydrogens is 348 g/mol. The number of carbonyl (C=O) groups excluding carboxylic acids is 1. The Balaban J connectivity index is 1.67. The lowest BCUT2D eigenvalue weighted by Gasteiger charge is -2.21. The molecule has 1 N–H and O–H groups in total. The lowest BCUT2D eigenvalue weighted by Crippen LogP contribution is -2.28. The van der Waals surface area contributed by atoms with Crippen LogP contribution in [0.2, 0.25) is 0 Å². The Morgan fingerprint density at radius 2 is 1.96 bits per heavy atom. The van der Waals surface area contributed by atoms with Gasteiger partial charge in [-0.3, -0.25) is 14.6 Å². The summed E-state index contributed by atoms with van der Waals surface area (Å²) in [6.07, 6.45) is 3.20. The van der Waals surface area contributed by atoms with E-state index in [1.165, 1.54) is 11.3 Å². The summed E-state index contributed by atoms with van der Waals surface area (Å²) in [6.45, 7) is 0. The number of amides is 1. The Hall–Kier alpha value is -3.55. The molecule has 1 aromatic carbocycles. The van der Waals surface area contributed by atoms with Gasteiger partial charge in [0, 0.05) is 12.8 Å². The Morgan fingerprint density at radius 3 is 2.70 bits per heavy atom. The normalized spacial score (nSPS) is 16.5. The molecule has 4 rings (SSSR count). The highest BCUT2D eigenvalue weighted by atomic mass is 16.4. The molecule has 0 saturated carbocycles. The van der Waals surface area contributed by atoms with Crippen molar-refractivity contribution in [1.29, 1.82) is 0 Å². The van der Waals surface area contributed by atoms with Gasteiger partial charge in [-0.15, -0.1) is 0 Å². The SMILES string of the molecule is O=C(O)CCC(=O)N1N=C(c2ccco2)C[C@H]1c1cnc2ccccc2n1. The monoisotopic (exact) mass is 364 g/mol. The van der Waals surface area contributed by atoms with Gasteiger partial charge in [0.1, 0.15) is 17.5 Å². The van der Waals surface area contributed by atoms with Crippen molar-refractivity contribution >= 4 is 28.6 Å². The molecule has 0 fully saturated rings. The summed E-state index contributed by atoms with van der Waals surface area (Å²) >= 11 is 0. The van der Waals surface area contributed by atoms with E-state index in [2.05, 4.69) is 15.1 Å². The molecule has 8 heteroatoms. The first kappa shape index (κ1) is 16.9. The van der Waals surface area contributed by atoms with E-state index >= 15 is 0 Å². The van der Waals surface area contributed by atoms with E-state index in [-0.39, 0.29) is 18.7 Å². The molecule has 1 amide bonds. The number of aromatic nitrogens is 2. The van der Waals surface area contributed by atoms with Gasteiger partial charge in [-0.25, -0.2) is 9.99 Å². The predicted molar refractivity (Wildman–Crippen MR) is 95.9 cm³/mol. The summed E-state index contributed by atoms with van der Waals surface area (Å²) in [5, 5.41) is 14.6. The van der Waals surface area contributed by atoms with Gasteiger partial charge in [0.25, 0.3) is 0 Å². The maximum Gasteiger partial charge on any atom is 0.303 e. The molecule has 0 saturated heterocycles. The van der Waals surface area contributed by atoms with Crippen LogP contribution in [0.25, 0.3) is 11.0 Å². The standard InChI is InChI=1S/C19H16N4O4/c24-18(7-8-19(25)26)23-16(10-14(22-23)17-6-3-9-27-17)15-11-20-12-4-1-2-5-13(12)21-15/h1-6,9,11,16H,7-8,10H2,(H,25,26)/t16-/m0/s1. The average molecular weight is 364 g/mol. The number of hydrazone groups is 1. The number of hydrogen-bond donors (Lipinski definition) is 1. The minimum absolute atomic E-state index is 0.137. The van der Waals surface area contributed by atoms with E-state index in [1.807, 2.05) is 24.3 Å². The van der Waals surface area contributed by atoms with Gasteiger partial charge in [0.05, 0.1) is 35.6 Å². The lowest BCUT2D eigenvalue weighted by atomic mass is 10.1. The van der Waals surface area contributed by atoms with Crippen molar-refractivity contribution in [2.24, 2.45) is 5.10 Å². The van der Waals surface area contributed by atoms with Crippen molar-refractivity contribution in [2.45, 2.75) is 25.3 Å². The number of carboxylic acid groups (broad SMARTS) is 1. The molecule has 3 aromatic rings. The molecule has 2 aromatic heterocycles. The van der Waals surface area contributed by atoms with Crippen LogP contribution in [0.1, 0.15) is 36.8 Å². The molecule has 8 nitrogen and oxygen atoms in total. The predicted octanol–water partition coefficient (Wildman–Crippen LogP) is 2.77. The van der Waals surface area contributed by atoms with E-state index in [0.29, 0.717) is 23.6 Å². The van der Waals surface area contributed by atoms with Crippen LogP contribution in [-0.2, 0) is 9.59 Å². The van der Waals surface area contributed by atoms with Crippen molar-refractivity contribution in [2.75, 3.05) is 0 Å². The fourth-order valence-electron chi connectivity index (χ4n) is 3.02. The van der Waals surface area contributed by atoms with Crippen LogP contribution < -0.4 is 0 Å². The van der Waals surface area contributed by atoms with Crippen molar-refractivity contribution in [3.05, 3.63) is 60.3 Å². The van der Waals surface area contributed by atoms with Gasteiger partial charge in [-0.1, -0.05) is 12.1 Å². The Labute approximate surface area is 154 Å². The molecular formula is C19H16N4O4. The molecule has 27 heavy (non-hydrogen) atoms. The van der Waals surface area contributed by atoms with Gasteiger partial charge in [-0.2, -0.15) is 5.10 Å². The molecule has 136 valence electrons. The second-order valence-electron chi connectivity index (χ2n) is 6.16. The number of carbonyl (C=O) groups is 2. The van der Waals surface area contributed by atoms with E-state index in [9.17, 15) is 9.59 Å². The van der Waals surface area contributed by atoms with Crippen molar-refractivity contribution in [3.8, 4) is 0 Å². The third-order valence-corrected chi connectivity index (χ3v) is 4.33. The highest BCUT2D eigenvalue weighted by Gasteiger charge is 2.35. The van der Waals surface area contributed by atoms with Gasteiger partial charge in [0.2, 0.25) is 5.91 Å². The second kappa shape index (κ2) is 6.99. The molecule has 0 spiro atoms. The lowest BCUT2D eigenvalue weighted by molar-refractivity contribution is -0.141. The van der Waals surface area contributed by atoms with Crippen molar-refractivity contribution < 1.29 is 19.1 Å². The number of aliphatic carboxylic acids is 1. The molecule has 1 aliphatic heterocycles. The van der Waals surface area contributed by atoms with Gasteiger partial charge >= 0.3 is 5.97 Å². The van der Waals surface area contributed by atoms with Crippen LogP contribution in [0, 0.1) is 0 Å². The molecule has 0 bridgehead atoms. The average Bonchev–Trinajstić information content (AvgIpc) is 3.35. The number of furan rings is 1. The van der Waals surface area contributed by atoms with Gasteiger partial charge in [0.15, 0.2) is 0 Å². The number of hydrogen-bond acceptors (Lipinski definition) is 6. The fraction of sp³-hybridized carbons (Fsp3) is 0.211. The molecule has 1 atom stereocenters. The van der Waals surface area contributed by atoms with E-state index in [0.717, 1.165) is 11.0 Å². The minimum Gasteiger partial charge on any atom is -0.481 e. The number of para-hydroxylation sites is 2. The summed E-state index contributed by atoms with van der Waals surface area (Å²) in [6, 6.07) is 10.5. The Morgan fingerprint density at radius 1 is 1.15 bits per heavy atom. The Kier molecular flexibility index (Phi) is 4.37. The highest BCUT2D eigenvalue weighted by Crippen LogP contribution is 2.32. The first-order valence-electron chi connectivity index (χ1n) is 8.49. The van der Waals surface area contributed by atoms with Crippen LogP contribution in [0.5, 0.6) is 0 Å². The molecule has 0 aliphatic carbocycles. The third-order valence-electron chi connectivity index (χ3n) is 4.33. The zero-order valence-electron chi connectivity index (χ0n) is 14.3. The van der Waals surface area contributed by atoms with Crippen molar-refractivity contribution in [3.63, 3.8) is 0 Å². The maximum absolute atomic E-state index is 12.6. The fourth-order valence-corrected chi connectivity index (χ4v) is 3.02. The van der Waals surface area contributed by atoms with Crippen molar-refractivity contribution in [1.82, 2.24) is 15.0 Å². The first-order chi connectivity index (χ1) is 13.1. The quantitative estimate of drug-likeness (QED) is 0.745. The highest BCUT2D eigenvalue weighted by molar-refractivity contribution is 6.01. The zero-order valence-corrected chi connectivity index (χ0v) is 14.3. The molecule has 1 aliphatic rings. The van der Waals surface area contributed by atoms with Crippen LogP contribution in [-0.4, -0.2) is 37.7 Å². The number of carboxylic acids is 1. The summed E-state index contributed by atoms with van der Waals surface area (Å²) in [4.78, 5) is 32.4. The number of benzene rings is 1. The largest absolute Gasteiger partial charge is 0.481 e. The zero-order chi connectivity index (χ0) is 18.8. The van der Waals surface area contributed by atoms with E-state index in [4.69, 9.17) is 9.52 Å². The summed E-state index contributed by atoms with van der Waals surface area (Å²) in [5.74, 6) is -0.832. The van der Waals surface area contributed by atoms with Crippen LogP contribution in [0.4, 0.5) is 0 Å². The van der Waals surface area contributed by atoms with Crippen LogP contribution in [0.3, 0.4) is 0 Å². The van der Waals surface area contributed by atoms with Crippen LogP contribution in [0.15, 0.2) is 58.4 Å². The number of rotatable bonds is 5. The first-order valence-corrected chi connectivity index (χ1v) is 8.49. The molecule has 0 unspecified atom stereocenters. The van der Waals surface area contributed by atoms with E-state index in [1.54, 1.807) is 18.3 Å². The maximum atomic E-state index is 12.6. The van der Waals surface area contributed by atoms with Crippen LogP contribution >= 0.6 is 0 Å². The number of nitrogens with zero attached hydrogens (tertiary/aromatic N) is 4. The van der Waals surface area contributed by atoms with E-state index < -0.39 is 12.0 Å². The number of fused-ring (bicyclic) bond motifs is 1. The minimum atomic E-state index is -1.03. The smallest absolute Gasteiger partial charge is 0.303 e. The second-order valence-corrected chi connectivity index (χ2v) is 6.16. The summed E-state index contributed by atoms with van der Waals surface area (Å²) in [7, 11) is 0.